The number of hydrogen-bond acceptors (Lipinski definition) is 7. The average molecular weight is 349 g/mol. The van der Waals surface area contributed by atoms with Crippen molar-refractivity contribution in [3.8, 4) is 5.75 Å². The third kappa shape index (κ3) is 2.76. The third-order valence-corrected chi connectivity index (χ3v) is 3.88. The summed E-state index contributed by atoms with van der Waals surface area (Å²) >= 11 is 0. The number of imide groups is 2. The van der Waals surface area contributed by atoms with E-state index in [0.717, 1.165) is 12.1 Å². The van der Waals surface area contributed by atoms with Crippen LogP contribution in [0.4, 0.5) is 4.39 Å². The minimum absolute atomic E-state index is 0.0202. The molecule has 1 aromatic rings. The molecule has 25 heavy (non-hydrogen) atoms. The molecule has 4 amide bonds. The Kier molecular flexibility index (Phi) is 4.05. The van der Waals surface area contributed by atoms with Crippen LogP contribution in [0.2, 0.25) is 0 Å². The van der Waals surface area contributed by atoms with E-state index in [9.17, 15) is 28.4 Å². The minimum atomic E-state index is -1.16. The number of amides is 4. The predicted molar refractivity (Wildman–Crippen MR) is 77.8 cm³/mol. The fourth-order valence-electron chi connectivity index (χ4n) is 2.71. The van der Waals surface area contributed by atoms with Crippen LogP contribution in [0.1, 0.15) is 33.6 Å². The second kappa shape index (κ2) is 6.06. The number of piperidine rings is 1. The lowest BCUT2D eigenvalue weighted by molar-refractivity contribution is -0.136. The zero-order valence-corrected chi connectivity index (χ0v) is 12.7. The molecule has 2 heterocycles. The first kappa shape index (κ1) is 16.7. The number of esters is 1. The van der Waals surface area contributed by atoms with Crippen LogP contribution in [-0.2, 0) is 14.4 Å². The number of rotatable bonds is 3. The molecule has 1 atom stereocenters. The first-order chi connectivity index (χ1) is 11.8. The smallest absolute Gasteiger partial charge is 0.325 e. The highest BCUT2D eigenvalue weighted by atomic mass is 19.1. The van der Waals surface area contributed by atoms with E-state index >= 15 is 0 Å². The van der Waals surface area contributed by atoms with Gasteiger partial charge < -0.3 is 10.5 Å². The number of carbonyl (C=O) groups is 5. The van der Waals surface area contributed by atoms with Gasteiger partial charge in [-0.1, -0.05) is 0 Å². The van der Waals surface area contributed by atoms with Crippen LogP contribution < -0.4 is 15.8 Å². The van der Waals surface area contributed by atoms with E-state index in [-0.39, 0.29) is 24.0 Å². The Hall–Kier alpha value is -3.14. The van der Waals surface area contributed by atoms with Crippen LogP contribution in [0.5, 0.6) is 5.75 Å². The number of nitrogens with one attached hydrogen (secondary N) is 1. The summed E-state index contributed by atoms with van der Waals surface area (Å²) in [5, 5.41) is 2.05. The van der Waals surface area contributed by atoms with E-state index in [1.54, 1.807) is 0 Å². The Labute approximate surface area is 139 Å². The molecule has 0 radical (unpaired) electrons. The molecule has 0 saturated carbocycles. The number of hydrogen-bond donors (Lipinski definition) is 2. The summed E-state index contributed by atoms with van der Waals surface area (Å²) in [6, 6.07) is 0.522. The maximum Gasteiger partial charge on any atom is 0.325 e. The van der Waals surface area contributed by atoms with E-state index in [0.29, 0.717) is 4.90 Å². The summed E-state index contributed by atoms with van der Waals surface area (Å²) in [4.78, 5) is 59.9. The van der Waals surface area contributed by atoms with Crippen LogP contribution in [-0.4, -0.2) is 47.1 Å². The number of fused-ring (bicyclic) bond motifs is 1. The molecule has 0 spiro atoms. The lowest BCUT2D eigenvalue weighted by Gasteiger charge is -2.27. The maximum absolute atomic E-state index is 14.0. The van der Waals surface area contributed by atoms with Crippen LogP contribution in [0.15, 0.2) is 12.1 Å². The molecule has 0 aromatic heterocycles. The summed E-state index contributed by atoms with van der Waals surface area (Å²) in [6.45, 7) is -0.494. The minimum Gasteiger partial charge on any atom is -0.422 e. The summed E-state index contributed by atoms with van der Waals surface area (Å²) in [5.41, 5.74) is 4.63. The fourth-order valence-corrected chi connectivity index (χ4v) is 2.71. The molecule has 1 unspecified atom stereocenters. The Bertz CT molecular complexity index is 837. The van der Waals surface area contributed by atoms with Gasteiger partial charge >= 0.3 is 5.97 Å². The van der Waals surface area contributed by atoms with Crippen LogP contribution >= 0.6 is 0 Å². The summed E-state index contributed by atoms with van der Waals surface area (Å²) in [6.07, 6.45) is -0.0504. The molecule has 130 valence electrons. The van der Waals surface area contributed by atoms with Gasteiger partial charge in [0.1, 0.15) is 6.04 Å². The van der Waals surface area contributed by atoms with Crippen LogP contribution in [0, 0.1) is 5.82 Å². The average Bonchev–Trinajstić information content (AvgIpc) is 2.79. The lowest BCUT2D eigenvalue weighted by atomic mass is 10.0. The van der Waals surface area contributed by atoms with Crippen molar-refractivity contribution in [1.29, 1.82) is 0 Å². The molecule has 1 saturated heterocycles. The van der Waals surface area contributed by atoms with Gasteiger partial charge in [0.15, 0.2) is 11.6 Å². The van der Waals surface area contributed by atoms with E-state index < -0.39 is 53.8 Å². The van der Waals surface area contributed by atoms with E-state index in [1.807, 2.05) is 5.32 Å². The molecule has 10 heteroatoms. The molecular formula is C15H12FN3O6. The second-order valence-corrected chi connectivity index (χ2v) is 5.45. The van der Waals surface area contributed by atoms with Gasteiger partial charge in [-0.2, -0.15) is 0 Å². The van der Waals surface area contributed by atoms with Gasteiger partial charge in [0.2, 0.25) is 11.8 Å². The van der Waals surface area contributed by atoms with Gasteiger partial charge in [-0.3, -0.25) is 34.2 Å². The SMILES string of the molecule is NCC(=O)Oc1cc2c(cc1F)C(=O)N(C1CCC(=O)NC1=O)C2=O. The first-order valence-corrected chi connectivity index (χ1v) is 7.29. The topological polar surface area (TPSA) is 136 Å². The predicted octanol–water partition coefficient (Wildman–Crippen LogP) is -0.909. The van der Waals surface area contributed by atoms with E-state index in [2.05, 4.69) is 4.74 Å². The molecule has 2 aliphatic heterocycles. The highest BCUT2D eigenvalue weighted by Gasteiger charge is 2.45. The van der Waals surface area contributed by atoms with Gasteiger partial charge in [-0.15, -0.1) is 0 Å². The number of benzene rings is 1. The van der Waals surface area contributed by atoms with Crippen molar-refractivity contribution in [2.75, 3.05) is 6.54 Å². The van der Waals surface area contributed by atoms with Crippen molar-refractivity contribution in [2.24, 2.45) is 5.73 Å². The normalized spacial score (nSPS) is 19.8. The number of carbonyl (C=O) groups excluding carboxylic acids is 5. The zero-order chi connectivity index (χ0) is 18.3. The van der Waals surface area contributed by atoms with Crippen molar-refractivity contribution >= 4 is 29.6 Å². The molecule has 2 aliphatic rings. The Balaban J connectivity index is 1.95. The molecule has 1 aromatic carbocycles. The Morgan fingerprint density at radius 2 is 1.88 bits per heavy atom. The highest BCUT2D eigenvalue weighted by Crippen LogP contribution is 2.32. The molecule has 0 bridgehead atoms. The zero-order valence-electron chi connectivity index (χ0n) is 12.7. The van der Waals surface area contributed by atoms with E-state index in [4.69, 9.17) is 5.73 Å². The van der Waals surface area contributed by atoms with Crippen molar-refractivity contribution in [1.82, 2.24) is 10.2 Å². The van der Waals surface area contributed by atoms with Gasteiger partial charge in [0.05, 0.1) is 17.7 Å². The molecule has 3 N–H and O–H groups in total. The standard InChI is InChI=1S/C15H12FN3O6/c16-8-3-6-7(4-10(8)25-12(21)5-17)15(24)19(14(6)23)9-1-2-11(20)18-13(9)22/h3-4,9H,1-2,5,17H2,(H,18,20,22). The number of ether oxygens (including phenoxy) is 1. The molecule has 9 nitrogen and oxygen atoms in total. The van der Waals surface area contributed by atoms with Crippen molar-refractivity contribution < 1.29 is 33.1 Å². The van der Waals surface area contributed by atoms with Crippen LogP contribution in [0.25, 0.3) is 0 Å². The van der Waals surface area contributed by atoms with E-state index in [1.165, 1.54) is 0 Å². The quantitative estimate of drug-likeness (QED) is 0.410. The lowest BCUT2D eigenvalue weighted by Crippen LogP contribution is -2.54. The monoisotopic (exact) mass is 349 g/mol. The van der Waals surface area contributed by atoms with Gasteiger partial charge in [0.25, 0.3) is 11.8 Å². The second-order valence-electron chi connectivity index (χ2n) is 5.45. The summed E-state index contributed by atoms with van der Waals surface area (Å²) in [7, 11) is 0. The van der Waals surface area contributed by atoms with Crippen LogP contribution in [0.3, 0.4) is 0 Å². The fraction of sp³-hybridized carbons (Fsp3) is 0.267. The van der Waals surface area contributed by atoms with Crippen molar-refractivity contribution in [2.45, 2.75) is 18.9 Å². The van der Waals surface area contributed by atoms with Gasteiger partial charge in [-0.25, -0.2) is 4.39 Å². The number of nitrogens with two attached hydrogens (primary N) is 1. The molecule has 0 aliphatic carbocycles. The number of halogens is 1. The van der Waals surface area contributed by atoms with Gasteiger partial charge in [0, 0.05) is 6.42 Å². The van der Waals surface area contributed by atoms with Gasteiger partial charge in [-0.05, 0) is 18.6 Å². The molecule has 1 fully saturated rings. The Morgan fingerprint density at radius 1 is 1.24 bits per heavy atom. The largest absolute Gasteiger partial charge is 0.422 e. The highest BCUT2D eigenvalue weighted by molar-refractivity contribution is 6.23. The summed E-state index contributed by atoms with van der Waals surface area (Å²) in [5.74, 6) is -5.45. The van der Waals surface area contributed by atoms with Crippen molar-refractivity contribution in [3.63, 3.8) is 0 Å². The number of nitrogens with zero attached hydrogens (tertiary/aromatic N) is 1. The Morgan fingerprint density at radius 3 is 2.48 bits per heavy atom. The molecular weight excluding hydrogens is 337 g/mol. The first-order valence-electron chi connectivity index (χ1n) is 7.29. The van der Waals surface area contributed by atoms with Crippen molar-refractivity contribution in [3.05, 3.63) is 29.1 Å². The third-order valence-electron chi connectivity index (χ3n) is 3.88. The molecule has 3 rings (SSSR count). The maximum atomic E-state index is 14.0. The summed E-state index contributed by atoms with van der Waals surface area (Å²) < 4.78 is 18.7.